The molecule has 2 N–H and O–H groups in total. The number of pyridine rings is 1. The van der Waals surface area contributed by atoms with E-state index in [1.165, 1.54) is 23.1 Å². The molecule has 6 nitrogen and oxygen atoms in total. The second kappa shape index (κ2) is 7.06. The van der Waals surface area contributed by atoms with Crippen molar-refractivity contribution >= 4 is 55.9 Å². The largest absolute Gasteiger partial charge is 0.360 e. The standard InChI is InChI=1S/C20H13N5OS2/c26-18(14-11-22-15-7-3-1-5-12(14)15)23-19-24-25-20(28-19)27-17-9-10-21-16-8-4-2-6-13(16)17/h1-11,22H,(H,23,24,26). The number of anilines is 1. The van der Waals surface area contributed by atoms with Gasteiger partial charge in [-0.2, -0.15) is 0 Å². The maximum Gasteiger partial charge on any atom is 0.259 e. The molecule has 0 unspecified atom stereocenters. The van der Waals surface area contributed by atoms with Gasteiger partial charge in [0.2, 0.25) is 5.13 Å². The zero-order chi connectivity index (χ0) is 18.9. The van der Waals surface area contributed by atoms with E-state index in [9.17, 15) is 4.79 Å². The van der Waals surface area contributed by atoms with E-state index in [0.717, 1.165) is 31.0 Å². The highest BCUT2D eigenvalue weighted by Gasteiger charge is 2.15. The monoisotopic (exact) mass is 403 g/mol. The summed E-state index contributed by atoms with van der Waals surface area (Å²) in [6, 6.07) is 17.6. The third-order valence-electron chi connectivity index (χ3n) is 4.27. The van der Waals surface area contributed by atoms with Gasteiger partial charge in [-0.05, 0) is 18.2 Å². The Balaban J connectivity index is 1.37. The molecule has 3 heterocycles. The van der Waals surface area contributed by atoms with Crippen LogP contribution in [0.25, 0.3) is 21.8 Å². The highest BCUT2D eigenvalue weighted by molar-refractivity contribution is 8.01. The molecule has 0 aliphatic carbocycles. The Hall–Kier alpha value is -3.23. The molecule has 3 aromatic heterocycles. The number of carbonyl (C=O) groups is 1. The van der Waals surface area contributed by atoms with Gasteiger partial charge in [-0.25, -0.2) is 0 Å². The molecule has 2 aromatic carbocycles. The third-order valence-corrected chi connectivity index (χ3v) is 6.23. The molecule has 0 fully saturated rings. The van der Waals surface area contributed by atoms with Crippen LogP contribution in [0, 0.1) is 0 Å². The van der Waals surface area contributed by atoms with Crippen molar-refractivity contribution < 1.29 is 4.79 Å². The molecule has 0 aliphatic heterocycles. The summed E-state index contributed by atoms with van der Waals surface area (Å²) in [5.41, 5.74) is 2.44. The molecular formula is C20H13N5OS2. The number of benzene rings is 2. The van der Waals surface area contributed by atoms with Gasteiger partial charge in [-0.3, -0.25) is 15.1 Å². The Morgan fingerprint density at radius 2 is 1.82 bits per heavy atom. The summed E-state index contributed by atoms with van der Waals surface area (Å²) < 4.78 is 0.755. The molecule has 5 aromatic rings. The van der Waals surface area contributed by atoms with Crippen LogP contribution in [0.15, 0.2) is 76.2 Å². The molecule has 0 saturated heterocycles. The molecule has 0 aliphatic rings. The number of aromatic amines is 1. The summed E-state index contributed by atoms with van der Waals surface area (Å²) in [5.74, 6) is -0.209. The number of amides is 1. The highest BCUT2D eigenvalue weighted by Crippen LogP contribution is 2.35. The molecule has 0 atom stereocenters. The van der Waals surface area contributed by atoms with Gasteiger partial charge in [0.25, 0.3) is 5.91 Å². The molecule has 0 bridgehead atoms. The second-order valence-electron chi connectivity index (χ2n) is 6.00. The first-order valence-corrected chi connectivity index (χ1v) is 10.1. The second-order valence-corrected chi connectivity index (χ2v) is 8.27. The summed E-state index contributed by atoms with van der Waals surface area (Å²) in [6.07, 6.45) is 3.49. The first-order valence-electron chi connectivity index (χ1n) is 8.50. The number of para-hydroxylation sites is 2. The van der Waals surface area contributed by atoms with Crippen molar-refractivity contribution in [2.24, 2.45) is 0 Å². The number of hydrogen-bond donors (Lipinski definition) is 2. The lowest BCUT2D eigenvalue weighted by atomic mass is 10.2. The van der Waals surface area contributed by atoms with E-state index in [1.807, 2.05) is 54.6 Å². The molecule has 28 heavy (non-hydrogen) atoms. The number of aromatic nitrogens is 4. The molecule has 5 rings (SSSR count). The van der Waals surface area contributed by atoms with E-state index in [4.69, 9.17) is 0 Å². The predicted molar refractivity (Wildman–Crippen MR) is 112 cm³/mol. The lowest BCUT2D eigenvalue weighted by Gasteiger charge is -2.02. The maximum atomic E-state index is 12.6. The average Bonchev–Trinajstić information content (AvgIpc) is 3.35. The van der Waals surface area contributed by atoms with Crippen molar-refractivity contribution in [3.63, 3.8) is 0 Å². The van der Waals surface area contributed by atoms with Gasteiger partial charge in [0.1, 0.15) is 0 Å². The minimum atomic E-state index is -0.209. The number of hydrogen-bond acceptors (Lipinski definition) is 6. The van der Waals surface area contributed by atoms with Crippen LogP contribution in [0.4, 0.5) is 5.13 Å². The van der Waals surface area contributed by atoms with E-state index in [2.05, 4.69) is 25.5 Å². The molecule has 0 radical (unpaired) electrons. The van der Waals surface area contributed by atoms with E-state index in [0.29, 0.717) is 10.7 Å². The van der Waals surface area contributed by atoms with Crippen molar-refractivity contribution in [2.45, 2.75) is 9.24 Å². The third kappa shape index (κ3) is 3.12. The lowest BCUT2D eigenvalue weighted by Crippen LogP contribution is -2.11. The Morgan fingerprint density at radius 3 is 2.75 bits per heavy atom. The first kappa shape index (κ1) is 16.9. The van der Waals surface area contributed by atoms with Crippen molar-refractivity contribution in [3.05, 3.63) is 72.6 Å². The van der Waals surface area contributed by atoms with Crippen LogP contribution in [-0.4, -0.2) is 26.1 Å². The van der Waals surface area contributed by atoms with Crippen LogP contribution in [-0.2, 0) is 0 Å². The Bertz CT molecular complexity index is 1300. The molecule has 8 heteroatoms. The number of carbonyl (C=O) groups excluding carboxylic acids is 1. The lowest BCUT2D eigenvalue weighted by molar-refractivity contribution is 0.102. The minimum absolute atomic E-state index is 0.209. The van der Waals surface area contributed by atoms with Gasteiger partial charge < -0.3 is 4.98 Å². The van der Waals surface area contributed by atoms with Crippen LogP contribution < -0.4 is 5.32 Å². The van der Waals surface area contributed by atoms with Crippen molar-refractivity contribution in [2.75, 3.05) is 5.32 Å². The van der Waals surface area contributed by atoms with Gasteiger partial charge in [-0.15, -0.1) is 10.2 Å². The molecule has 1 amide bonds. The summed E-state index contributed by atoms with van der Waals surface area (Å²) in [4.78, 5) is 21.2. The normalized spacial score (nSPS) is 11.1. The van der Waals surface area contributed by atoms with Crippen LogP contribution in [0.5, 0.6) is 0 Å². The zero-order valence-electron chi connectivity index (χ0n) is 14.4. The van der Waals surface area contributed by atoms with E-state index >= 15 is 0 Å². The van der Waals surface area contributed by atoms with Gasteiger partial charge in [0.05, 0.1) is 11.1 Å². The van der Waals surface area contributed by atoms with E-state index in [-0.39, 0.29) is 5.91 Å². The fourth-order valence-corrected chi connectivity index (χ4v) is 4.80. The number of fused-ring (bicyclic) bond motifs is 2. The van der Waals surface area contributed by atoms with Gasteiger partial charge in [0.15, 0.2) is 4.34 Å². The van der Waals surface area contributed by atoms with Crippen LogP contribution in [0.1, 0.15) is 10.4 Å². The Morgan fingerprint density at radius 1 is 1.00 bits per heavy atom. The van der Waals surface area contributed by atoms with Crippen LogP contribution >= 0.6 is 23.1 Å². The van der Waals surface area contributed by atoms with Crippen LogP contribution in [0.2, 0.25) is 0 Å². The highest BCUT2D eigenvalue weighted by atomic mass is 32.2. The maximum absolute atomic E-state index is 12.6. The molecular weight excluding hydrogens is 390 g/mol. The van der Waals surface area contributed by atoms with Crippen molar-refractivity contribution in [1.29, 1.82) is 0 Å². The fourth-order valence-electron chi connectivity index (χ4n) is 2.98. The van der Waals surface area contributed by atoms with Gasteiger partial charge in [-0.1, -0.05) is 59.5 Å². The smallest absolute Gasteiger partial charge is 0.259 e. The molecule has 0 saturated carbocycles. The molecule has 136 valence electrons. The Labute approximate surface area is 168 Å². The molecule has 0 spiro atoms. The van der Waals surface area contributed by atoms with Gasteiger partial charge in [0, 0.05) is 33.6 Å². The van der Waals surface area contributed by atoms with Crippen molar-refractivity contribution in [1.82, 2.24) is 20.2 Å². The van der Waals surface area contributed by atoms with Crippen LogP contribution in [0.3, 0.4) is 0 Å². The topological polar surface area (TPSA) is 83.6 Å². The van der Waals surface area contributed by atoms with E-state index in [1.54, 1.807) is 12.4 Å². The van der Waals surface area contributed by atoms with Crippen molar-refractivity contribution in [3.8, 4) is 0 Å². The number of H-pyrrole nitrogens is 1. The summed E-state index contributed by atoms with van der Waals surface area (Å²) in [7, 11) is 0. The summed E-state index contributed by atoms with van der Waals surface area (Å²) >= 11 is 2.86. The zero-order valence-corrected chi connectivity index (χ0v) is 16.1. The number of nitrogens with one attached hydrogen (secondary N) is 2. The van der Waals surface area contributed by atoms with E-state index < -0.39 is 0 Å². The van der Waals surface area contributed by atoms with Gasteiger partial charge >= 0.3 is 0 Å². The Kier molecular flexibility index (Phi) is 4.27. The average molecular weight is 403 g/mol. The summed E-state index contributed by atoms with van der Waals surface area (Å²) in [6.45, 7) is 0. The minimum Gasteiger partial charge on any atom is -0.360 e. The first-order chi connectivity index (χ1) is 13.8. The fraction of sp³-hybridized carbons (Fsp3) is 0. The number of rotatable bonds is 4. The number of nitrogens with zero attached hydrogens (tertiary/aromatic N) is 3. The summed E-state index contributed by atoms with van der Waals surface area (Å²) in [5, 5.41) is 13.6. The SMILES string of the molecule is O=C(Nc1nnc(Sc2ccnc3ccccc23)s1)c1c[nH]c2ccccc12. The predicted octanol–water partition coefficient (Wildman–Crippen LogP) is 4.97. The quantitative estimate of drug-likeness (QED) is 0.414.